The summed E-state index contributed by atoms with van der Waals surface area (Å²) in [6.45, 7) is 0. The number of anilines is 2. The zero-order valence-electron chi connectivity index (χ0n) is 8.59. The van der Waals surface area contributed by atoms with Gasteiger partial charge < -0.3 is 5.73 Å². The maximum atomic E-state index is 13.4. The summed E-state index contributed by atoms with van der Waals surface area (Å²) in [7, 11) is -4.22. The predicted molar refractivity (Wildman–Crippen MR) is 61.5 cm³/mol. The number of rotatable bonds is 3. The Hall–Kier alpha value is -1.81. The van der Waals surface area contributed by atoms with Crippen molar-refractivity contribution in [3.05, 3.63) is 29.3 Å². The van der Waals surface area contributed by atoms with Crippen LogP contribution in [0.4, 0.5) is 19.6 Å². The van der Waals surface area contributed by atoms with E-state index in [2.05, 4.69) is 10.2 Å². The second-order valence-corrected chi connectivity index (χ2v) is 5.64. The summed E-state index contributed by atoms with van der Waals surface area (Å²) in [5.41, 5.74) is 6.04. The molecule has 0 aliphatic heterocycles. The Kier molecular flexibility index (Phi) is 3.13. The van der Waals surface area contributed by atoms with E-state index >= 15 is 0 Å². The number of hydrogen-bond donors (Lipinski definition) is 2. The summed E-state index contributed by atoms with van der Waals surface area (Å²) < 4.78 is 51.9. The van der Waals surface area contributed by atoms with Crippen LogP contribution in [0.2, 0.25) is 0 Å². The van der Waals surface area contributed by atoms with Crippen molar-refractivity contribution in [2.24, 2.45) is 0 Å². The third-order valence-corrected chi connectivity index (χ3v) is 4.01. The second kappa shape index (κ2) is 4.46. The minimum Gasteiger partial charge on any atom is -0.396 e. The summed E-state index contributed by atoms with van der Waals surface area (Å²) >= 11 is 0.917. The lowest BCUT2D eigenvalue weighted by Gasteiger charge is -2.07. The number of benzene rings is 1. The highest BCUT2D eigenvalue weighted by Crippen LogP contribution is 2.23. The van der Waals surface area contributed by atoms with Crippen molar-refractivity contribution in [1.29, 1.82) is 0 Å². The average molecular weight is 292 g/mol. The highest BCUT2D eigenvalue weighted by Gasteiger charge is 2.22. The van der Waals surface area contributed by atoms with E-state index < -0.39 is 32.2 Å². The second-order valence-electron chi connectivity index (χ2n) is 3.15. The van der Waals surface area contributed by atoms with Gasteiger partial charge in [0.25, 0.3) is 10.0 Å². The third kappa shape index (κ3) is 2.38. The maximum absolute atomic E-state index is 13.4. The summed E-state index contributed by atoms with van der Waals surface area (Å²) in [6, 6.07) is 1.11. The fraction of sp³-hybridized carbons (Fsp3) is 0. The Balaban J connectivity index is 2.44. The number of nitrogens with zero attached hydrogens (tertiary/aromatic N) is 2. The molecule has 1 aromatic carbocycles. The van der Waals surface area contributed by atoms with Crippen LogP contribution >= 0.6 is 11.3 Å². The van der Waals surface area contributed by atoms with Gasteiger partial charge in [0, 0.05) is 6.07 Å². The number of aromatic nitrogens is 2. The number of nitrogen functional groups attached to an aromatic ring is 1. The van der Waals surface area contributed by atoms with Gasteiger partial charge in [0.1, 0.15) is 22.0 Å². The highest BCUT2D eigenvalue weighted by atomic mass is 32.2. The van der Waals surface area contributed by atoms with Gasteiger partial charge >= 0.3 is 0 Å². The van der Waals surface area contributed by atoms with Crippen molar-refractivity contribution < 1.29 is 17.2 Å². The van der Waals surface area contributed by atoms with E-state index in [1.165, 1.54) is 5.51 Å². The number of hydrogen-bond acceptors (Lipinski definition) is 6. The first-order chi connectivity index (χ1) is 8.40. The number of nitrogens with two attached hydrogens (primary N) is 1. The van der Waals surface area contributed by atoms with E-state index in [4.69, 9.17) is 5.73 Å². The van der Waals surface area contributed by atoms with Crippen molar-refractivity contribution in [3.8, 4) is 0 Å². The number of sulfonamides is 1. The Labute approximate surface area is 105 Å². The van der Waals surface area contributed by atoms with Crippen molar-refractivity contribution in [2.45, 2.75) is 4.90 Å². The quantitative estimate of drug-likeness (QED) is 0.828. The summed E-state index contributed by atoms with van der Waals surface area (Å²) in [5, 5.41) is 6.83. The summed E-state index contributed by atoms with van der Waals surface area (Å²) in [5.74, 6) is -2.26. The van der Waals surface area contributed by atoms with Crippen LogP contribution in [-0.2, 0) is 10.0 Å². The van der Waals surface area contributed by atoms with E-state index in [1.807, 2.05) is 4.72 Å². The van der Waals surface area contributed by atoms with Gasteiger partial charge in [0.15, 0.2) is 0 Å². The van der Waals surface area contributed by atoms with Crippen LogP contribution in [0.3, 0.4) is 0 Å². The zero-order chi connectivity index (χ0) is 13.3. The molecule has 10 heteroatoms. The largest absolute Gasteiger partial charge is 0.396 e. The molecule has 0 radical (unpaired) electrons. The molecule has 0 bridgehead atoms. The molecule has 0 aliphatic rings. The van der Waals surface area contributed by atoms with Crippen molar-refractivity contribution in [1.82, 2.24) is 10.2 Å². The molecule has 3 N–H and O–H groups in total. The van der Waals surface area contributed by atoms with E-state index in [9.17, 15) is 17.2 Å². The molecule has 0 saturated heterocycles. The Morgan fingerprint density at radius 3 is 2.61 bits per heavy atom. The molecule has 0 aliphatic carbocycles. The molecule has 2 aromatic rings. The van der Waals surface area contributed by atoms with Crippen LogP contribution in [0.5, 0.6) is 0 Å². The van der Waals surface area contributed by atoms with Crippen LogP contribution in [0.15, 0.2) is 22.5 Å². The molecular weight excluding hydrogens is 286 g/mol. The monoisotopic (exact) mass is 292 g/mol. The first-order valence-corrected chi connectivity index (χ1v) is 6.80. The molecule has 0 spiro atoms. The molecule has 1 heterocycles. The molecule has 96 valence electrons. The van der Waals surface area contributed by atoms with Crippen molar-refractivity contribution in [3.63, 3.8) is 0 Å². The molecule has 0 unspecified atom stereocenters. The van der Waals surface area contributed by atoms with Gasteiger partial charge in [-0.3, -0.25) is 4.72 Å². The smallest absolute Gasteiger partial charge is 0.266 e. The molecule has 0 atom stereocenters. The van der Waals surface area contributed by atoms with Crippen LogP contribution in [-0.4, -0.2) is 18.6 Å². The third-order valence-electron chi connectivity index (χ3n) is 1.92. The highest BCUT2D eigenvalue weighted by molar-refractivity contribution is 7.93. The average Bonchev–Trinajstić information content (AvgIpc) is 2.75. The molecule has 0 saturated carbocycles. The van der Waals surface area contributed by atoms with Crippen LogP contribution < -0.4 is 10.5 Å². The summed E-state index contributed by atoms with van der Waals surface area (Å²) in [6.07, 6.45) is 0. The van der Waals surface area contributed by atoms with Gasteiger partial charge in [0.05, 0.1) is 5.69 Å². The lowest BCUT2D eigenvalue weighted by atomic mass is 10.3. The SMILES string of the molecule is Nc1cc(S(=O)(=O)Nc2nncs2)c(F)cc1F. The lowest BCUT2D eigenvalue weighted by molar-refractivity contribution is 0.553. The Bertz CT molecular complexity index is 673. The molecule has 0 amide bonds. The van der Waals surface area contributed by atoms with Gasteiger partial charge in [-0.2, -0.15) is 0 Å². The first kappa shape index (κ1) is 12.6. The van der Waals surface area contributed by atoms with E-state index in [1.54, 1.807) is 0 Å². The Morgan fingerprint density at radius 1 is 1.28 bits per heavy atom. The molecule has 1 aromatic heterocycles. The maximum Gasteiger partial charge on any atom is 0.266 e. The predicted octanol–water partition coefficient (Wildman–Crippen LogP) is 1.20. The Morgan fingerprint density at radius 2 is 2.00 bits per heavy atom. The topological polar surface area (TPSA) is 98.0 Å². The van der Waals surface area contributed by atoms with Gasteiger partial charge in [-0.25, -0.2) is 17.2 Å². The van der Waals surface area contributed by atoms with E-state index in [0.29, 0.717) is 12.1 Å². The fourth-order valence-electron chi connectivity index (χ4n) is 1.14. The van der Waals surface area contributed by atoms with Gasteiger partial charge in [-0.1, -0.05) is 11.3 Å². The van der Waals surface area contributed by atoms with Gasteiger partial charge in [0.2, 0.25) is 5.13 Å². The number of halogens is 2. The molecule has 2 rings (SSSR count). The van der Waals surface area contributed by atoms with Gasteiger partial charge in [-0.05, 0) is 6.07 Å². The minimum absolute atomic E-state index is 0.0303. The molecule has 18 heavy (non-hydrogen) atoms. The van der Waals surface area contributed by atoms with Gasteiger partial charge in [-0.15, -0.1) is 10.2 Å². The van der Waals surface area contributed by atoms with Crippen LogP contribution in [0.1, 0.15) is 0 Å². The molecule has 6 nitrogen and oxygen atoms in total. The van der Waals surface area contributed by atoms with Crippen LogP contribution in [0, 0.1) is 11.6 Å². The van der Waals surface area contributed by atoms with Crippen molar-refractivity contribution >= 4 is 32.2 Å². The minimum atomic E-state index is -4.22. The zero-order valence-corrected chi connectivity index (χ0v) is 10.2. The van der Waals surface area contributed by atoms with Crippen molar-refractivity contribution in [2.75, 3.05) is 10.5 Å². The molecule has 0 fully saturated rings. The fourth-order valence-corrected chi connectivity index (χ4v) is 2.93. The standard InChI is InChI=1S/C8H6F2N4O2S2/c9-4-1-5(10)7(2-6(4)11)18(15,16)14-8-13-12-3-17-8/h1-3H,11H2,(H,13,14). The number of nitrogens with one attached hydrogen (secondary N) is 1. The molecular formula is C8H6F2N4O2S2. The van der Waals surface area contributed by atoms with E-state index in [-0.39, 0.29) is 5.13 Å². The summed E-state index contributed by atoms with van der Waals surface area (Å²) in [4.78, 5) is -0.753. The van der Waals surface area contributed by atoms with Crippen LogP contribution in [0.25, 0.3) is 0 Å². The first-order valence-electron chi connectivity index (χ1n) is 4.43. The normalized spacial score (nSPS) is 11.4. The van der Waals surface area contributed by atoms with E-state index in [0.717, 1.165) is 11.3 Å². The lowest BCUT2D eigenvalue weighted by Crippen LogP contribution is -2.15.